The molecule has 1 rings (SSSR count). The smallest absolute Gasteiger partial charge is 0.121 e. The molecule has 1 unspecified atom stereocenters. The first-order valence-corrected chi connectivity index (χ1v) is 6.87. The van der Waals surface area contributed by atoms with Gasteiger partial charge in [0, 0.05) is 44.9 Å². The Kier molecular flexibility index (Phi) is 7.30. The average Bonchev–Trinajstić information content (AvgIpc) is 2.42. The first kappa shape index (κ1) is 15.8. The number of hydrogen-bond donors (Lipinski definition) is 1. The van der Waals surface area contributed by atoms with Gasteiger partial charge >= 0.3 is 0 Å². The standard InChI is InChI=1S/C15H26N2O2/c1-4-13(16)12-18-9-6-10-19-15-8-5-7-14(11-15)17(2)3/h5,7-8,11,13H,4,6,9-10,12,16H2,1-3H3. The van der Waals surface area contributed by atoms with Crippen molar-refractivity contribution >= 4 is 5.69 Å². The van der Waals surface area contributed by atoms with Crippen molar-refractivity contribution in [2.24, 2.45) is 5.73 Å². The molecular weight excluding hydrogens is 240 g/mol. The molecule has 4 nitrogen and oxygen atoms in total. The van der Waals surface area contributed by atoms with Crippen molar-refractivity contribution in [2.75, 3.05) is 38.8 Å². The Hall–Kier alpha value is -1.26. The molecule has 19 heavy (non-hydrogen) atoms. The van der Waals surface area contributed by atoms with Gasteiger partial charge < -0.3 is 20.1 Å². The maximum atomic E-state index is 5.76. The van der Waals surface area contributed by atoms with E-state index in [9.17, 15) is 0 Å². The quantitative estimate of drug-likeness (QED) is 0.697. The van der Waals surface area contributed by atoms with E-state index in [1.54, 1.807) is 0 Å². The molecule has 0 saturated carbocycles. The van der Waals surface area contributed by atoms with Crippen LogP contribution in [0.3, 0.4) is 0 Å². The van der Waals surface area contributed by atoms with E-state index in [0.717, 1.165) is 24.3 Å². The van der Waals surface area contributed by atoms with Crippen LogP contribution in [0.15, 0.2) is 24.3 Å². The third kappa shape index (κ3) is 6.45. The summed E-state index contributed by atoms with van der Waals surface area (Å²) in [5, 5.41) is 0. The lowest BCUT2D eigenvalue weighted by atomic mass is 10.3. The van der Waals surface area contributed by atoms with E-state index in [-0.39, 0.29) is 6.04 Å². The average molecular weight is 266 g/mol. The fourth-order valence-electron chi connectivity index (χ4n) is 1.56. The zero-order chi connectivity index (χ0) is 14.1. The van der Waals surface area contributed by atoms with Gasteiger partial charge in [0.1, 0.15) is 5.75 Å². The number of benzene rings is 1. The number of rotatable bonds is 9. The molecule has 0 fully saturated rings. The van der Waals surface area contributed by atoms with Crippen LogP contribution in [0.4, 0.5) is 5.69 Å². The number of anilines is 1. The van der Waals surface area contributed by atoms with E-state index in [1.807, 2.05) is 32.3 Å². The second-order valence-electron chi connectivity index (χ2n) is 4.84. The minimum absolute atomic E-state index is 0.151. The molecule has 0 bridgehead atoms. The predicted octanol–water partition coefficient (Wildman–Crippen LogP) is 2.28. The van der Waals surface area contributed by atoms with Gasteiger partial charge in [-0.15, -0.1) is 0 Å². The number of ether oxygens (including phenoxy) is 2. The molecule has 0 heterocycles. The second kappa shape index (κ2) is 8.77. The molecule has 0 spiro atoms. The van der Waals surface area contributed by atoms with Gasteiger partial charge in [-0.05, 0) is 18.6 Å². The third-order valence-corrected chi connectivity index (χ3v) is 2.89. The third-order valence-electron chi connectivity index (χ3n) is 2.89. The fraction of sp³-hybridized carbons (Fsp3) is 0.600. The summed E-state index contributed by atoms with van der Waals surface area (Å²) >= 11 is 0. The lowest BCUT2D eigenvalue weighted by molar-refractivity contribution is 0.107. The molecule has 0 saturated heterocycles. The molecule has 0 aliphatic heterocycles. The van der Waals surface area contributed by atoms with Crippen molar-refractivity contribution in [1.82, 2.24) is 0 Å². The Labute approximate surface area is 116 Å². The molecule has 1 atom stereocenters. The minimum atomic E-state index is 0.151. The maximum Gasteiger partial charge on any atom is 0.121 e. The lowest BCUT2D eigenvalue weighted by Crippen LogP contribution is -2.25. The fourth-order valence-corrected chi connectivity index (χ4v) is 1.56. The maximum absolute atomic E-state index is 5.76. The van der Waals surface area contributed by atoms with Crippen LogP contribution in [0.5, 0.6) is 5.75 Å². The molecular formula is C15H26N2O2. The van der Waals surface area contributed by atoms with Crippen molar-refractivity contribution in [1.29, 1.82) is 0 Å². The Bertz CT molecular complexity index is 356. The summed E-state index contributed by atoms with van der Waals surface area (Å²) in [6.07, 6.45) is 1.83. The van der Waals surface area contributed by atoms with Crippen molar-refractivity contribution in [3.05, 3.63) is 24.3 Å². The number of nitrogens with zero attached hydrogens (tertiary/aromatic N) is 1. The molecule has 0 aromatic heterocycles. The highest BCUT2D eigenvalue weighted by Crippen LogP contribution is 2.19. The monoisotopic (exact) mass is 266 g/mol. The van der Waals surface area contributed by atoms with Crippen LogP contribution >= 0.6 is 0 Å². The van der Waals surface area contributed by atoms with E-state index in [0.29, 0.717) is 19.8 Å². The highest BCUT2D eigenvalue weighted by atomic mass is 16.5. The molecule has 2 N–H and O–H groups in total. The van der Waals surface area contributed by atoms with E-state index in [4.69, 9.17) is 15.2 Å². The summed E-state index contributed by atoms with van der Waals surface area (Å²) in [4.78, 5) is 2.06. The Morgan fingerprint density at radius 3 is 2.74 bits per heavy atom. The normalized spacial score (nSPS) is 12.2. The van der Waals surface area contributed by atoms with Gasteiger partial charge in [0.2, 0.25) is 0 Å². The van der Waals surface area contributed by atoms with Gasteiger partial charge in [-0.1, -0.05) is 13.0 Å². The molecule has 1 aromatic carbocycles. The minimum Gasteiger partial charge on any atom is -0.493 e. The van der Waals surface area contributed by atoms with Crippen LogP contribution in [0.2, 0.25) is 0 Å². The Morgan fingerprint density at radius 1 is 1.26 bits per heavy atom. The largest absolute Gasteiger partial charge is 0.493 e. The highest BCUT2D eigenvalue weighted by Gasteiger charge is 2.00. The van der Waals surface area contributed by atoms with Crippen molar-refractivity contribution < 1.29 is 9.47 Å². The lowest BCUT2D eigenvalue weighted by Gasteiger charge is -2.14. The zero-order valence-corrected chi connectivity index (χ0v) is 12.3. The first-order chi connectivity index (χ1) is 9.13. The number of nitrogens with two attached hydrogens (primary N) is 1. The SMILES string of the molecule is CCC(N)COCCCOc1cccc(N(C)C)c1. The Balaban J connectivity index is 2.17. The predicted molar refractivity (Wildman–Crippen MR) is 80.0 cm³/mol. The first-order valence-electron chi connectivity index (χ1n) is 6.87. The molecule has 1 aromatic rings. The summed E-state index contributed by atoms with van der Waals surface area (Å²) < 4.78 is 11.2. The van der Waals surface area contributed by atoms with Crippen molar-refractivity contribution in [3.8, 4) is 5.75 Å². The van der Waals surface area contributed by atoms with E-state index in [2.05, 4.69) is 17.9 Å². The summed E-state index contributed by atoms with van der Waals surface area (Å²) in [7, 11) is 4.04. The van der Waals surface area contributed by atoms with Crippen molar-refractivity contribution in [2.45, 2.75) is 25.8 Å². The van der Waals surface area contributed by atoms with Crippen LogP contribution < -0.4 is 15.4 Å². The summed E-state index contributed by atoms with van der Waals surface area (Å²) in [6, 6.07) is 8.22. The van der Waals surface area contributed by atoms with Crippen LogP contribution in [-0.2, 0) is 4.74 Å². The second-order valence-corrected chi connectivity index (χ2v) is 4.84. The molecule has 0 aliphatic carbocycles. The van der Waals surface area contributed by atoms with Crippen molar-refractivity contribution in [3.63, 3.8) is 0 Å². The van der Waals surface area contributed by atoms with Crippen LogP contribution in [0.1, 0.15) is 19.8 Å². The Morgan fingerprint density at radius 2 is 2.05 bits per heavy atom. The highest BCUT2D eigenvalue weighted by molar-refractivity contribution is 5.49. The molecule has 0 amide bonds. The van der Waals surface area contributed by atoms with Gasteiger partial charge in [0.15, 0.2) is 0 Å². The molecule has 108 valence electrons. The van der Waals surface area contributed by atoms with Crippen LogP contribution in [0, 0.1) is 0 Å². The van der Waals surface area contributed by atoms with Gasteiger partial charge in [-0.25, -0.2) is 0 Å². The van der Waals surface area contributed by atoms with Gasteiger partial charge in [0.05, 0.1) is 13.2 Å². The number of hydrogen-bond acceptors (Lipinski definition) is 4. The van der Waals surface area contributed by atoms with Crippen LogP contribution in [-0.4, -0.2) is 40.0 Å². The van der Waals surface area contributed by atoms with Crippen LogP contribution in [0.25, 0.3) is 0 Å². The van der Waals surface area contributed by atoms with Gasteiger partial charge in [-0.2, -0.15) is 0 Å². The summed E-state index contributed by atoms with van der Waals surface area (Å²) in [5.41, 5.74) is 6.90. The van der Waals surface area contributed by atoms with E-state index < -0.39 is 0 Å². The summed E-state index contributed by atoms with van der Waals surface area (Å²) in [5.74, 6) is 0.899. The zero-order valence-electron chi connectivity index (χ0n) is 12.3. The molecule has 0 radical (unpaired) electrons. The molecule has 0 aliphatic rings. The summed E-state index contributed by atoms with van der Waals surface area (Å²) in [6.45, 7) is 4.06. The topological polar surface area (TPSA) is 47.7 Å². The van der Waals surface area contributed by atoms with Gasteiger partial charge in [-0.3, -0.25) is 0 Å². The molecule has 4 heteroatoms. The van der Waals surface area contributed by atoms with E-state index >= 15 is 0 Å². The van der Waals surface area contributed by atoms with Gasteiger partial charge in [0.25, 0.3) is 0 Å². The van der Waals surface area contributed by atoms with E-state index in [1.165, 1.54) is 0 Å².